The summed E-state index contributed by atoms with van der Waals surface area (Å²) in [5, 5.41) is 9.26. The van der Waals surface area contributed by atoms with E-state index in [1.54, 1.807) is 18.3 Å². The molecule has 1 heterocycles. The fraction of sp³-hybridized carbons (Fsp3) is 0.333. The average molecular weight is 290 g/mol. The maximum Gasteiger partial charge on any atom is 0.339 e. The highest BCUT2D eigenvalue weighted by atomic mass is 16.5. The fourth-order valence-corrected chi connectivity index (χ4v) is 2.01. The van der Waals surface area contributed by atoms with E-state index in [0.717, 1.165) is 12.4 Å². The van der Waals surface area contributed by atoms with E-state index >= 15 is 0 Å². The van der Waals surface area contributed by atoms with Crippen molar-refractivity contribution in [2.75, 3.05) is 6.61 Å². The Morgan fingerprint density at radius 3 is 2.81 bits per heavy atom. The number of aromatic nitrogens is 2. The summed E-state index contributed by atoms with van der Waals surface area (Å²) in [4.78, 5) is 15.5. The van der Waals surface area contributed by atoms with Crippen LogP contribution in [0, 0.1) is 0 Å². The lowest BCUT2D eigenvalue weighted by Gasteiger charge is -2.14. The van der Waals surface area contributed by atoms with Gasteiger partial charge in [-0.3, -0.25) is 0 Å². The van der Waals surface area contributed by atoms with E-state index in [1.165, 1.54) is 6.07 Å². The van der Waals surface area contributed by atoms with E-state index in [9.17, 15) is 9.90 Å². The number of ether oxygens (including phenoxy) is 2. The molecule has 6 heteroatoms. The second-order valence-corrected chi connectivity index (χ2v) is 4.29. The molecule has 0 saturated heterocycles. The first-order valence-electron chi connectivity index (χ1n) is 6.79. The van der Waals surface area contributed by atoms with Gasteiger partial charge in [0, 0.05) is 18.9 Å². The molecule has 2 rings (SSSR count). The number of carboxylic acids is 1. The number of carbonyl (C=O) groups is 1. The minimum absolute atomic E-state index is 0.0792. The topological polar surface area (TPSA) is 73.6 Å². The number of para-hydroxylation sites is 1. The number of aryl methyl sites for hydroxylation is 1. The third-order valence-corrected chi connectivity index (χ3v) is 3.00. The van der Waals surface area contributed by atoms with Crippen LogP contribution in [0.25, 0.3) is 0 Å². The molecule has 2 aromatic rings. The molecule has 0 fully saturated rings. The Morgan fingerprint density at radius 1 is 1.33 bits per heavy atom. The molecule has 0 saturated carbocycles. The molecule has 0 radical (unpaired) electrons. The van der Waals surface area contributed by atoms with Crippen molar-refractivity contribution < 1.29 is 19.4 Å². The van der Waals surface area contributed by atoms with Crippen LogP contribution < -0.4 is 9.47 Å². The molecular weight excluding hydrogens is 272 g/mol. The maximum absolute atomic E-state index is 11.3. The molecule has 0 unspecified atom stereocenters. The van der Waals surface area contributed by atoms with E-state index in [0.29, 0.717) is 12.4 Å². The summed E-state index contributed by atoms with van der Waals surface area (Å²) in [6.45, 7) is 5.23. The zero-order valence-corrected chi connectivity index (χ0v) is 12.1. The summed E-state index contributed by atoms with van der Waals surface area (Å²) in [7, 11) is 0. The predicted octanol–water partition coefficient (Wildman–Crippen LogP) is 2.58. The van der Waals surface area contributed by atoms with Crippen molar-refractivity contribution in [3.63, 3.8) is 0 Å². The van der Waals surface area contributed by atoms with E-state index in [4.69, 9.17) is 9.47 Å². The quantitative estimate of drug-likeness (QED) is 0.848. The van der Waals surface area contributed by atoms with Gasteiger partial charge in [0.25, 0.3) is 0 Å². The molecule has 0 atom stereocenters. The largest absolute Gasteiger partial charge is 0.490 e. The van der Waals surface area contributed by atoms with Gasteiger partial charge in [-0.15, -0.1) is 0 Å². The van der Waals surface area contributed by atoms with Crippen molar-refractivity contribution in [1.29, 1.82) is 0 Å². The van der Waals surface area contributed by atoms with Crippen molar-refractivity contribution in [2.24, 2.45) is 0 Å². The van der Waals surface area contributed by atoms with Crippen LogP contribution in [0.2, 0.25) is 0 Å². The Hall–Kier alpha value is -2.50. The Labute approximate surface area is 122 Å². The molecule has 1 N–H and O–H groups in total. The van der Waals surface area contributed by atoms with Crippen LogP contribution >= 0.6 is 0 Å². The Morgan fingerprint density at radius 2 is 2.14 bits per heavy atom. The number of carboxylic acid groups (broad SMARTS) is 1. The Kier molecular flexibility index (Phi) is 4.81. The SMILES string of the molecule is CCOc1cccc(C(=O)O)c1OCc1nccn1CC. The summed E-state index contributed by atoms with van der Waals surface area (Å²) >= 11 is 0. The number of hydrogen-bond donors (Lipinski definition) is 1. The highest BCUT2D eigenvalue weighted by Gasteiger charge is 2.17. The molecule has 0 aliphatic rings. The second-order valence-electron chi connectivity index (χ2n) is 4.29. The van der Waals surface area contributed by atoms with Crippen molar-refractivity contribution in [3.05, 3.63) is 42.0 Å². The molecule has 1 aromatic carbocycles. The van der Waals surface area contributed by atoms with Gasteiger partial charge in [-0.2, -0.15) is 0 Å². The van der Waals surface area contributed by atoms with Crippen molar-refractivity contribution >= 4 is 5.97 Å². The number of imidazole rings is 1. The van der Waals surface area contributed by atoms with Crippen molar-refractivity contribution in [1.82, 2.24) is 9.55 Å². The van der Waals surface area contributed by atoms with Crippen molar-refractivity contribution in [2.45, 2.75) is 27.0 Å². The monoisotopic (exact) mass is 290 g/mol. The molecule has 0 spiro atoms. The molecule has 1 aromatic heterocycles. The van der Waals surface area contributed by atoms with Gasteiger partial charge in [-0.25, -0.2) is 9.78 Å². The fourth-order valence-electron chi connectivity index (χ4n) is 2.01. The number of aromatic carboxylic acids is 1. The predicted molar refractivity (Wildman–Crippen MR) is 76.8 cm³/mol. The standard InChI is InChI=1S/C15H18N2O4/c1-3-17-9-8-16-13(17)10-21-14-11(15(18)19)6-5-7-12(14)20-4-2/h5-9H,3-4,10H2,1-2H3,(H,18,19). The maximum atomic E-state index is 11.3. The van der Waals surface area contributed by atoms with Gasteiger partial charge in [0.15, 0.2) is 11.5 Å². The van der Waals surface area contributed by atoms with Crippen LogP contribution in [0.4, 0.5) is 0 Å². The molecule has 0 amide bonds. The van der Waals surface area contributed by atoms with Gasteiger partial charge in [0.05, 0.1) is 6.61 Å². The zero-order chi connectivity index (χ0) is 15.2. The summed E-state index contributed by atoms with van der Waals surface area (Å²) in [5.41, 5.74) is 0.0792. The van der Waals surface area contributed by atoms with Gasteiger partial charge >= 0.3 is 5.97 Å². The van der Waals surface area contributed by atoms with Crippen LogP contribution in [0.1, 0.15) is 30.0 Å². The van der Waals surface area contributed by atoms with E-state index in [2.05, 4.69) is 4.98 Å². The number of nitrogens with zero attached hydrogens (tertiary/aromatic N) is 2. The molecular formula is C15H18N2O4. The highest BCUT2D eigenvalue weighted by Crippen LogP contribution is 2.32. The minimum Gasteiger partial charge on any atom is -0.490 e. The molecule has 112 valence electrons. The molecule has 0 aliphatic carbocycles. The van der Waals surface area contributed by atoms with Gasteiger partial charge in [0.2, 0.25) is 0 Å². The van der Waals surface area contributed by atoms with Gasteiger partial charge < -0.3 is 19.1 Å². The summed E-state index contributed by atoms with van der Waals surface area (Å²) in [5.74, 6) is 0.343. The Bertz CT molecular complexity index is 622. The van der Waals surface area contributed by atoms with Crippen LogP contribution in [0.15, 0.2) is 30.6 Å². The molecule has 0 aliphatic heterocycles. The van der Waals surface area contributed by atoms with Gasteiger partial charge in [-0.05, 0) is 26.0 Å². The van der Waals surface area contributed by atoms with E-state index < -0.39 is 5.97 Å². The van der Waals surface area contributed by atoms with Crippen LogP contribution in [0.3, 0.4) is 0 Å². The highest BCUT2D eigenvalue weighted by molar-refractivity contribution is 5.92. The first-order chi connectivity index (χ1) is 10.2. The average Bonchev–Trinajstić information content (AvgIpc) is 2.93. The van der Waals surface area contributed by atoms with E-state index in [-0.39, 0.29) is 17.9 Å². The van der Waals surface area contributed by atoms with Crippen LogP contribution in [-0.4, -0.2) is 27.2 Å². The molecule has 21 heavy (non-hydrogen) atoms. The zero-order valence-electron chi connectivity index (χ0n) is 12.1. The minimum atomic E-state index is -1.05. The van der Waals surface area contributed by atoms with E-state index in [1.807, 2.05) is 24.6 Å². The smallest absolute Gasteiger partial charge is 0.339 e. The third kappa shape index (κ3) is 3.34. The lowest BCUT2D eigenvalue weighted by Crippen LogP contribution is -2.09. The Balaban J connectivity index is 2.27. The number of rotatable bonds is 7. The lowest BCUT2D eigenvalue weighted by atomic mass is 10.2. The first-order valence-corrected chi connectivity index (χ1v) is 6.79. The third-order valence-electron chi connectivity index (χ3n) is 3.00. The lowest BCUT2D eigenvalue weighted by molar-refractivity contribution is 0.0690. The van der Waals surface area contributed by atoms with Gasteiger partial charge in [0.1, 0.15) is 18.0 Å². The van der Waals surface area contributed by atoms with Crippen LogP contribution in [0.5, 0.6) is 11.5 Å². The number of hydrogen-bond acceptors (Lipinski definition) is 4. The normalized spacial score (nSPS) is 10.4. The summed E-state index contributed by atoms with van der Waals surface area (Å²) in [6, 6.07) is 4.82. The molecule has 0 bridgehead atoms. The number of benzene rings is 1. The molecule has 6 nitrogen and oxygen atoms in total. The van der Waals surface area contributed by atoms with Crippen LogP contribution in [-0.2, 0) is 13.2 Å². The van der Waals surface area contributed by atoms with Gasteiger partial charge in [-0.1, -0.05) is 6.07 Å². The van der Waals surface area contributed by atoms with Crippen molar-refractivity contribution in [3.8, 4) is 11.5 Å². The first kappa shape index (κ1) is 14.9. The summed E-state index contributed by atoms with van der Waals surface area (Å²) < 4.78 is 13.1. The second kappa shape index (κ2) is 6.78. The summed E-state index contributed by atoms with van der Waals surface area (Å²) in [6.07, 6.45) is 3.54.